The molecular weight excluding hydrogens is 412 g/mol. The van der Waals surface area contributed by atoms with Gasteiger partial charge in [0, 0.05) is 29.1 Å². The largest absolute Gasteiger partial charge is 0.376 e. The Balaban J connectivity index is 2.00. The number of ether oxygens (including phenoxy) is 1. The summed E-state index contributed by atoms with van der Waals surface area (Å²) < 4.78 is 9.56. The number of carbonyl (C=O) groups excluding carboxylic acids is 2. The van der Waals surface area contributed by atoms with E-state index >= 15 is 0 Å². The first-order valence-corrected chi connectivity index (χ1v) is 10.7. The van der Waals surface area contributed by atoms with E-state index in [1.165, 1.54) is 4.90 Å². The molecule has 1 aromatic heterocycles. The molecule has 29 heavy (non-hydrogen) atoms. The van der Waals surface area contributed by atoms with Crippen LogP contribution in [0.3, 0.4) is 0 Å². The molecule has 1 aliphatic heterocycles. The minimum Gasteiger partial charge on any atom is -0.376 e. The molecule has 2 amide bonds. The summed E-state index contributed by atoms with van der Waals surface area (Å²) in [4.78, 5) is 28.2. The third kappa shape index (κ3) is 5.74. The maximum atomic E-state index is 13.3. The van der Waals surface area contributed by atoms with Crippen LogP contribution >= 0.6 is 23.1 Å². The van der Waals surface area contributed by atoms with Gasteiger partial charge in [-0.25, -0.2) is 0 Å². The number of halogens is 1. The van der Waals surface area contributed by atoms with Crippen LogP contribution in [-0.2, 0) is 9.53 Å². The molecule has 0 spiro atoms. The third-order valence-electron chi connectivity index (χ3n) is 4.51. The van der Waals surface area contributed by atoms with E-state index in [2.05, 4.69) is 14.9 Å². The predicted octanol–water partition coefficient (Wildman–Crippen LogP) is 3.47. The van der Waals surface area contributed by atoms with Gasteiger partial charge in [-0.15, -0.1) is 5.10 Å². The SMILES string of the molecule is CC(C)(C)NC(=O)C(c1ccc(Cl)cc1)N(CC1CCCO1)C(=O)c1csnn1. The number of carbonyl (C=O) groups is 2. The Morgan fingerprint density at radius 2 is 2.07 bits per heavy atom. The van der Waals surface area contributed by atoms with Crippen LogP contribution in [0.4, 0.5) is 0 Å². The molecule has 2 unspecified atom stereocenters. The van der Waals surface area contributed by atoms with Crippen LogP contribution in [0.25, 0.3) is 0 Å². The lowest BCUT2D eigenvalue weighted by molar-refractivity contribution is -0.127. The molecule has 0 saturated carbocycles. The van der Waals surface area contributed by atoms with Crippen LogP contribution in [0.5, 0.6) is 0 Å². The summed E-state index contributed by atoms with van der Waals surface area (Å²) in [5, 5.41) is 9.07. The van der Waals surface area contributed by atoms with Crippen molar-refractivity contribution < 1.29 is 14.3 Å². The monoisotopic (exact) mass is 436 g/mol. The average Bonchev–Trinajstić information content (AvgIpc) is 3.34. The number of amides is 2. The van der Waals surface area contributed by atoms with E-state index in [-0.39, 0.29) is 23.6 Å². The van der Waals surface area contributed by atoms with Gasteiger partial charge in [0.1, 0.15) is 6.04 Å². The number of benzene rings is 1. The van der Waals surface area contributed by atoms with E-state index < -0.39 is 11.6 Å². The van der Waals surface area contributed by atoms with Crippen molar-refractivity contribution in [2.24, 2.45) is 0 Å². The zero-order valence-electron chi connectivity index (χ0n) is 16.7. The van der Waals surface area contributed by atoms with Crippen molar-refractivity contribution in [1.29, 1.82) is 0 Å². The molecule has 0 aliphatic carbocycles. The second-order valence-corrected chi connectivity index (χ2v) is 9.12. The number of hydrogen-bond donors (Lipinski definition) is 1. The van der Waals surface area contributed by atoms with Crippen molar-refractivity contribution in [2.45, 2.75) is 51.3 Å². The fourth-order valence-corrected chi connectivity index (χ4v) is 3.83. The highest BCUT2D eigenvalue weighted by molar-refractivity contribution is 7.03. The van der Waals surface area contributed by atoms with Gasteiger partial charge in [0.05, 0.1) is 6.10 Å². The van der Waals surface area contributed by atoms with Gasteiger partial charge in [0.25, 0.3) is 5.91 Å². The van der Waals surface area contributed by atoms with Gasteiger partial charge in [-0.1, -0.05) is 28.2 Å². The van der Waals surface area contributed by atoms with Crippen LogP contribution in [-0.4, -0.2) is 51.1 Å². The Morgan fingerprint density at radius 1 is 1.34 bits per heavy atom. The highest BCUT2D eigenvalue weighted by Gasteiger charge is 2.36. The number of aromatic nitrogens is 2. The van der Waals surface area contributed by atoms with Crippen molar-refractivity contribution in [2.75, 3.05) is 13.2 Å². The first kappa shape index (κ1) is 21.7. The second kappa shape index (κ2) is 9.19. The lowest BCUT2D eigenvalue weighted by Crippen LogP contribution is -2.50. The highest BCUT2D eigenvalue weighted by Crippen LogP contribution is 2.27. The molecule has 1 fully saturated rings. The molecular formula is C20H25ClN4O3S. The second-order valence-electron chi connectivity index (χ2n) is 8.08. The van der Waals surface area contributed by atoms with Gasteiger partial charge in [-0.2, -0.15) is 0 Å². The summed E-state index contributed by atoms with van der Waals surface area (Å²) in [7, 11) is 0. The Kier molecular flexibility index (Phi) is 6.87. The van der Waals surface area contributed by atoms with Crippen molar-refractivity contribution >= 4 is 34.9 Å². The Morgan fingerprint density at radius 3 is 2.62 bits per heavy atom. The van der Waals surface area contributed by atoms with Crippen LogP contribution in [0.1, 0.15) is 55.7 Å². The average molecular weight is 437 g/mol. The van der Waals surface area contributed by atoms with Gasteiger partial charge < -0.3 is 15.0 Å². The van der Waals surface area contributed by atoms with Gasteiger partial charge >= 0.3 is 0 Å². The van der Waals surface area contributed by atoms with E-state index in [0.29, 0.717) is 23.7 Å². The number of hydrogen-bond acceptors (Lipinski definition) is 6. The number of nitrogens with one attached hydrogen (secondary N) is 1. The fraction of sp³-hybridized carbons (Fsp3) is 0.500. The minimum atomic E-state index is -0.843. The molecule has 3 rings (SSSR count). The summed E-state index contributed by atoms with van der Waals surface area (Å²) in [5.74, 6) is -0.618. The first-order chi connectivity index (χ1) is 13.7. The molecule has 1 aliphatic rings. The molecule has 0 bridgehead atoms. The highest BCUT2D eigenvalue weighted by atomic mass is 35.5. The minimum absolute atomic E-state index is 0.122. The summed E-state index contributed by atoms with van der Waals surface area (Å²) in [6, 6.07) is 6.12. The lowest BCUT2D eigenvalue weighted by Gasteiger charge is -2.34. The van der Waals surface area contributed by atoms with E-state index in [4.69, 9.17) is 16.3 Å². The summed E-state index contributed by atoms with van der Waals surface area (Å²) in [5.41, 5.74) is 0.434. The molecule has 2 heterocycles. The molecule has 1 aromatic carbocycles. The Hall–Kier alpha value is -2.03. The van der Waals surface area contributed by atoms with Gasteiger partial charge in [-0.05, 0) is 62.8 Å². The summed E-state index contributed by atoms with van der Waals surface area (Å²) in [6.07, 6.45) is 1.65. The standard InChI is InChI=1S/C20H25ClN4O3S/c1-20(2,3)22-18(26)17(13-6-8-14(21)9-7-13)25(11-15-5-4-10-28-15)19(27)16-12-29-24-23-16/h6-9,12,15,17H,4-5,10-11H2,1-3H3,(H,22,26). The zero-order valence-corrected chi connectivity index (χ0v) is 18.3. The van der Waals surface area contributed by atoms with Crippen molar-refractivity contribution in [3.63, 3.8) is 0 Å². The van der Waals surface area contributed by atoms with E-state index in [0.717, 1.165) is 24.4 Å². The van der Waals surface area contributed by atoms with E-state index in [1.807, 2.05) is 20.8 Å². The van der Waals surface area contributed by atoms with Gasteiger partial charge in [0.2, 0.25) is 5.91 Å². The first-order valence-electron chi connectivity index (χ1n) is 9.52. The molecule has 2 atom stereocenters. The fourth-order valence-electron chi connectivity index (χ4n) is 3.27. The quantitative estimate of drug-likeness (QED) is 0.749. The Bertz CT molecular complexity index is 830. The normalized spacial score (nSPS) is 17.7. The number of rotatable bonds is 6. The van der Waals surface area contributed by atoms with Crippen LogP contribution in [0.2, 0.25) is 5.02 Å². The van der Waals surface area contributed by atoms with Crippen LogP contribution in [0.15, 0.2) is 29.6 Å². The van der Waals surface area contributed by atoms with E-state index in [1.54, 1.807) is 29.6 Å². The van der Waals surface area contributed by atoms with Crippen molar-refractivity contribution in [3.05, 3.63) is 45.9 Å². The van der Waals surface area contributed by atoms with Crippen molar-refractivity contribution in [3.8, 4) is 0 Å². The molecule has 7 nitrogen and oxygen atoms in total. The van der Waals surface area contributed by atoms with Gasteiger partial charge in [-0.3, -0.25) is 9.59 Å². The maximum Gasteiger partial charge on any atom is 0.276 e. The summed E-state index contributed by atoms with van der Waals surface area (Å²) >= 11 is 7.14. The topological polar surface area (TPSA) is 84.4 Å². The third-order valence-corrected chi connectivity index (χ3v) is 5.26. The van der Waals surface area contributed by atoms with Gasteiger partial charge in [0.15, 0.2) is 5.69 Å². The van der Waals surface area contributed by atoms with Crippen LogP contribution in [0, 0.1) is 0 Å². The van der Waals surface area contributed by atoms with Crippen molar-refractivity contribution in [1.82, 2.24) is 19.8 Å². The maximum absolute atomic E-state index is 13.3. The summed E-state index contributed by atoms with van der Waals surface area (Å²) in [6.45, 7) is 6.66. The molecule has 9 heteroatoms. The van der Waals surface area contributed by atoms with Crippen LogP contribution < -0.4 is 5.32 Å². The lowest BCUT2D eigenvalue weighted by atomic mass is 10.0. The predicted molar refractivity (Wildman–Crippen MR) is 112 cm³/mol. The smallest absolute Gasteiger partial charge is 0.276 e. The Labute approximate surface area is 179 Å². The molecule has 2 aromatic rings. The molecule has 156 valence electrons. The zero-order chi connectivity index (χ0) is 21.0. The molecule has 1 saturated heterocycles. The van der Waals surface area contributed by atoms with E-state index in [9.17, 15) is 9.59 Å². The molecule has 1 N–H and O–H groups in total. The number of nitrogens with zero attached hydrogens (tertiary/aromatic N) is 3. The molecule has 0 radical (unpaired) electrons.